The van der Waals surface area contributed by atoms with Crippen LogP contribution in [0.15, 0.2) is 93.6 Å². The maximum Gasteiger partial charge on any atom is 0.274 e. The highest BCUT2D eigenvalue weighted by Gasteiger charge is 2.26. The van der Waals surface area contributed by atoms with Crippen molar-refractivity contribution in [1.82, 2.24) is 20.4 Å². The lowest BCUT2D eigenvalue weighted by Crippen LogP contribution is -2.43. The van der Waals surface area contributed by atoms with Gasteiger partial charge < -0.3 is 15.4 Å². The van der Waals surface area contributed by atoms with Crippen LogP contribution in [0.1, 0.15) is 36.8 Å². The Kier molecular flexibility index (Phi) is 10.3. The van der Waals surface area contributed by atoms with Crippen LogP contribution in [0.3, 0.4) is 0 Å². The van der Waals surface area contributed by atoms with Crippen molar-refractivity contribution in [2.75, 3.05) is 26.7 Å². The monoisotopic (exact) mass is 606 g/mol. The molecule has 1 aliphatic heterocycles. The summed E-state index contributed by atoms with van der Waals surface area (Å²) in [5.74, 6) is 1.31. The van der Waals surface area contributed by atoms with Crippen molar-refractivity contribution in [3.05, 3.63) is 111 Å². The SMILES string of the molecule is COc1ccc(-n2nc(Sc3ccc(Cl)cc3)cc(CC[C@@H](C)NC[C@@H]3CNCC[C@H]3c3ccc(F)cc3)c2=O)cc1. The predicted molar refractivity (Wildman–Crippen MR) is 168 cm³/mol. The molecule has 1 saturated heterocycles. The van der Waals surface area contributed by atoms with E-state index >= 15 is 0 Å². The molecule has 1 fully saturated rings. The molecule has 5 rings (SSSR count). The van der Waals surface area contributed by atoms with E-state index in [4.69, 9.17) is 21.4 Å². The minimum atomic E-state index is -0.201. The van der Waals surface area contributed by atoms with Gasteiger partial charge in [-0.25, -0.2) is 4.39 Å². The van der Waals surface area contributed by atoms with Gasteiger partial charge in [0.25, 0.3) is 5.56 Å². The standard InChI is InChI=1S/C33H36ClFN4O2S/c1-22(37-21-25-20-36-18-17-31(25)23-5-9-27(35)10-6-23)3-4-24-19-32(42-30-15-7-26(34)8-16-30)38-39(33(24)40)28-11-13-29(41-2)14-12-28/h5-16,19,22,25,31,36-37H,3-4,17-18,20-21H2,1-2H3/t22-,25+,31+/m1/s1. The first kappa shape index (κ1) is 30.3. The van der Waals surface area contributed by atoms with Crippen LogP contribution in [-0.4, -0.2) is 42.6 Å². The van der Waals surface area contributed by atoms with Crippen LogP contribution < -0.4 is 20.9 Å². The maximum atomic E-state index is 13.6. The Morgan fingerprint density at radius 2 is 1.86 bits per heavy atom. The third kappa shape index (κ3) is 7.81. The van der Waals surface area contributed by atoms with Crippen LogP contribution in [0.4, 0.5) is 4.39 Å². The summed E-state index contributed by atoms with van der Waals surface area (Å²) >= 11 is 7.58. The molecule has 2 N–H and O–H groups in total. The third-order valence-electron chi connectivity index (χ3n) is 7.80. The van der Waals surface area contributed by atoms with Gasteiger partial charge >= 0.3 is 0 Å². The van der Waals surface area contributed by atoms with E-state index in [2.05, 4.69) is 17.6 Å². The second-order valence-electron chi connectivity index (χ2n) is 10.7. The molecule has 0 bridgehead atoms. The van der Waals surface area contributed by atoms with Gasteiger partial charge in [-0.3, -0.25) is 4.79 Å². The van der Waals surface area contributed by atoms with Crippen molar-refractivity contribution in [2.24, 2.45) is 5.92 Å². The van der Waals surface area contributed by atoms with Gasteiger partial charge in [0.05, 0.1) is 12.8 Å². The molecular formula is C33H36ClFN4O2S. The number of hydrogen-bond acceptors (Lipinski definition) is 6. The van der Waals surface area contributed by atoms with Crippen molar-refractivity contribution in [1.29, 1.82) is 0 Å². The molecule has 0 spiro atoms. The third-order valence-corrected chi connectivity index (χ3v) is 8.97. The van der Waals surface area contributed by atoms with Gasteiger partial charge in [0.1, 0.15) is 16.6 Å². The molecule has 0 amide bonds. The number of rotatable bonds is 11. The Hall–Kier alpha value is -3.17. The lowest BCUT2D eigenvalue weighted by Gasteiger charge is -2.33. The Bertz CT molecular complexity index is 1510. The zero-order valence-electron chi connectivity index (χ0n) is 23.9. The average Bonchev–Trinajstić information content (AvgIpc) is 3.02. The van der Waals surface area contributed by atoms with Gasteiger partial charge in [-0.2, -0.15) is 9.78 Å². The number of piperidine rings is 1. The van der Waals surface area contributed by atoms with E-state index < -0.39 is 0 Å². The minimum Gasteiger partial charge on any atom is -0.497 e. The Morgan fingerprint density at radius 3 is 2.57 bits per heavy atom. The molecule has 220 valence electrons. The summed E-state index contributed by atoms with van der Waals surface area (Å²) in [5.41, 5.74) is 2.47. The van der Waals surface area contributed by atoms with Crippen molar-refractivity contribution in [2.45, 2.75) is 48.1 Å². The van der Waals surface area contributed by atoms with Crippen molar-refractivity contribution >= 4 is 23.4 Å². The topological polar surface area (TPSA) is 68.2 Å². The highest BCUT2D eigenvalue weighted by molar-refractivity contribution is 7.99. The number of benzene rings is 3. The summed E-state index contributed by atoms with van der Waals surface area (Å²) in [5, 5.41) is 13.3. The van der Waals surface area contributed by atoms with Crippen LogP contribution in [0.5, 0.6) is 5.75 Å². The molecule has 2 heterocycles. The molecule has 42 heavy (non-hydrogen) atoms. The summed E-state index contributed by atoms with van der Waals surface area (Å²) in [7, 11) is 1.61. The molecule has 4 aromatic rings. The van der Waals surface area contributed by atoms with Crippen LogP contribution in [0, 0.1) is 11.7 Å². The molecule has 0 aliphatic carbocycles. The van der Waals surface area contributed by atoms with E-state index in [-0.39, 0.29) is 17.4 Å². The maximum absolute atomic E-state index is 13.6. The first-order valence-electron chi connectivity index (χ1n) is 14.3. The summed E-state index contributed by atoms with van der Waals surface area (Å²) < 4.78 is 20.3. The van der Waals surface area contributed by atoms with E-state index in [9.17, 15) is 9.18 Å². The molecule has 3 aromatic carbocycles. The number of aromatic nitrogens is 2. The van der Waals surface area contributed by atoms with E-state index in [0.717, 1.165) is 48.0 Å². The first-order chi connectivity index (χ1) is 20.4. The minimum absolute atomic E-state index is 0.124. The predicted octanol–water partition coefficient (Wildman–Crippen LogP) is 6.49. The van der Waals surface area contributed by atoms with Crippen LogP contribution in [-0.2, 0) is 6.42 Å². The normalized spacial score (nSPS) is 17.6. The lowest BCUT2D eigenvalue weighted by atomic mass is 9.81. The Labute approximate surface area is 255 Å². The second kappa shape index (κ2) is 14.3. The smallest absolute Gasteiger partial charge is 0.274 e. The summed E-state index contributed by atoms with van der Waals surface area (Å²) in [4.78, 5) is 14.6. The molecular weight excluding hydrogens is 571 g/mol. The van der Waals surface area contributed by atoms with Crippen LogP contribution >= 0.6 is 23.4 Å². The highest BCUT2D eigenvalue weighted by Crippen LogP contribution is 2.31. The second-order valence-corrected chi connectivity index (χ2v) is 12.3. The van der Waals surface area contributed by atoms with Gasteiger partial charge in [-0.15, -0.1) is 0 Å². The molecule has 0 radical (unpaired) electrons. The fourth-order valence-electron chi connectivity index (χ4n) is 5.38. The van der Waals surface area contributed by atoms with E-state index in [1.165, 1.54) is 22.0 Å². The van der Waals surface area contributed by atoms with Gasteiger partial charge in [0, 0.05) is 21.5 Å². The average molecular weight is 607 g/mol. The number of ether oxygens (including phenoxy) is 1. The quantitative estimate of drug-likeness (QED) is 0.203. The fraction of sp³-hybridized carbons (Fsp3) is 0.333. The number of aryl methyl sites for hydroxylation is 1. The van der Waals surface area contributed by atoms with E-state index in [1.807, 2.05) is 66.7 Å². The van der Waals surface area contributed by atoms with Gasteiger partial charge in [-0.1, -0.05) is 35.5 Å². The van der Waals surface area contributed by atoms with Crippen molar-refractivity contribution in [3.63, 3.8) is 0 Å². The summed E-state index contributed by atoms with van der Waals surface area (Å²) in [6.45, 7) is 4.90. The number of nitrogens with one attached hydrogen (secondary N) is 2. The van der Waals surface area contributed by atoms with Crippen LogP contribution in [0.25, 0.3) is 5.69 Å². The largest absolute Gasteiger partial charge is 0.497 e. The molecule has 1 aliphatic rings. The van der Waals surface area contributed by atoms with Gasteiger partial charge in [-0.05, 0) is 130 Å². The fourth-order valence-corrected chi connectivity index (χ4v) is 6.35. The Balaban J connectivity index is 1.29. The number of methoxy groups -OCH3 is 1. The van der Waals surface area contributed by atoms with Crippen molar-refractivity contribution in [3.8, 4) is 11.4 Å². The van der Waals surface area contributed by atoms with E-state index in [0.29, 0.717) is 34.7 Å². The molecule has 9 heteroatoms. The number of nitrogens with zero attached hydrogens (tertiary/aromatic N) is 2. The molecule has 6 nitrogen and oxygen atoms in total. The zero-order valence-corrected chi connectivity index (χ0v) is 25.4. The first-order valence-corrected chi connectivity index (χ1v) is 15.5. The zero-order chi connectivity index (χ0) is 29.5. The summed E-state index contributed by atoms with van der Waals surface area (Å²) in [6.07, 6.45) is 2.45. The number of hydrogen-bond donors (Lipinski definition) is 2. The van der Waals surface area contributed by atoms with E-state index in [1.54, 1.807) is 19.2 Å². The molecule has 0 saturated carbocycles. The lowest BCUT2D eigenvalue weighted by molar-refractivity contribution is 0.301. The molecule has 0 unspecified atom stereocenters. The Morgan fingerprint density at radius 1 is 1.12 bits per heavy atom. The van der Waals surface area contributed by atoms with Gasteiger partial charge in [0.2, 0.25) is 0 Å². The summed E-state index contributed by atoms with van der Waals surface area (Å²) in [6, 6.07) is 24.0. The van der Waals surface area contributed by atoms with Crippen LogP contribution in [0.2, 0.25) is 5.02 Å². The highest BCUT2D eigenvalue weighted by atomic mass is 35.5. The number of halogens is 2. The molecule has 3 atom stereocenters. The van der Waals surface area contributed by atoms with Crippen molar-refractivity contribution < 1.29 is 9.13 Å². The molecule has 1 aromatic heterocycles. The van der Waals surface area contributed by atoms with Gasteiger partial charge in [0.15, 0.2) is 0 Å².